The predicted octanol–water partition coefficient (Wildman–Crippen LogP) is 0.733. The van der Waals surface area contributed by atoms with Crippen molar-refractivity contribution in [3.05, 3.63) is 28.4 Å². The molecule has 114 valence electrons. The molecular weight excluding hydrogens is 274 g/mol. The Bertz CT molecular complexity index is 563. The van der Waals surface area contributed by atoms with E-state index >= 15 is 0 Å². The normalized spacial score (nSPS) is 20.0. The number of nitrogens with zero attached hydrogens (tertiary/aromatic N) is 2. The summed E-state index contributed by atoms with van der Waals surface area (Å²) >= 11 is 0. The Hall–Kier alpha value is -2.18. The summed E-state index contributed by atoms with van der Waals surface area (Å²) in [6.45, 7) is 3.08. The molecule has 1 aliphatic rings. The second-order valence-corrected chi connectivity index (χ2v) is 5.52. The van der Waals surface area contributed by atoms with Gasteiger partial charge in [0.1, 0.15) is 5.69 Å². The van der Waals surface area contributed by atoms with Gasteiger partial charge in [-0.2, -0.15) is 0 Å². The molecule has 0 radical (unpaired) electrons. The van der Waals surface area contributed by atoms with Gasteiger partial charge in [0, 0.05) is 25.7 Å². The third kappa shape index (κ3) is 3.90. The second-order valence-electron chi connectivity index (χ2n) is 5.52. The Morgan fingerprint density at radius 1 is 1.57 bits per heavy atom. The van der Waals surface area contributed by atoms with Crippen molar-refractivity contribution in [1.29, 1.82) is 0 Å². The van der Waals surface area contributed by atoms with E-state index in [1.54, 1.807) is 4.90 Å². The topological polar surface area (TPSA) is 103 Å². The molecule has 0 aliphatic carbocycles. The highest BCUT2D eigenvalue weighted by Crippen LogP contribution is 2.26. The van der Waals surface area contributed by atoms with Crippen molar-refractivity contribution >= 4 is 11.9 Å². The number of carboxylic acid groups (broad SMARTS) is 1. The fourth-order valence-corrected chi connectivity index (χ4v) is 2.72. The van der Waals surface area contributed by atoms with Crippen LogP contribution >= 0.6 is 0 Å². The molecule has 2 unspecified atom stereocenters. The quantitative estimate of drug-likeness (QED) is 0.852. The fourth-order valence-electron chi connectivity index (χ4n) is 2.72. The van der Waals surface area contributed by atoms with Gasteiger partial charge in [-0.25, -0.2) is 4.98 Å². The highest BCUT2D eigenvalue weighted by atomic mass is 16.4. The number of likely N-dealkylation sites (tertiary alicyclic amines) is 1. The lowest BCUT2D eigenvalue weighted by atomic mass is 9.84. The molecule has 1 saturated heterocycles. The lowest BCUT2D eigenvalue weighted by Crippen LogP contribution is -2.42. The summed E-state index contributed by atoms with van der Waals surface area (Å²) in [5, 5.41) is 8.87. The lowest BCUT2D eigenvalue weighted by Gasteiger charge is -2.35. The van der Waals surface area contributed by atoms with Crippen molar-refractivity contribution in [1.82, 2.24) is 14.9 Å². The van der Waals surface area contributed by atoms with Gasteiger partial charge in [-0.3, -0.25) is 14.4 Å². The van der Waals surface area contributed by atoms with Crippen LogP contribution in [0.15, 0.2) is 17.2 Å². The number of hydrogen-bond donors (Lipinski definition) is 2. The predicted molar refractivity (Wildman–Crippen MR) is 74.9 cm³/mol. The standard InChI is InChI=1S/C14H19N3O4/c1-9(5-13(19)20)10-3-2-4-17(8-10)14(21)11-6-16-12(18)7-15-11/h6-7,9-10H,2-5,8H2,1H3,(H,16,18)(H,19,20). The molecule has 2 atom stereocenters. The van der Waals surface area contributed by atoms with Gasteiger partial charge in [-0.1, -0.05) is 6.92 Å². The Labute approximate surface area is 122 Å². The van der Waals surface area contributed by atoms with Crippen LogP contribution in [0.5, 0.6) is 0 Å². The molecule has 0 spiro atoms. The van der Waals surface area contributed by atoms with E-state index in [1.807, 2.05) is 6.92 Å². The van der Waals surface area contributed by atoms with Crippen molar-refractivity contribution in [3.8, 4) is 0 Å². The van der Waals surface area contributed by atoms with Gasteiger partial charge in [0.15, 0.2) is 0 Å². The number of rotatable bonds is 4. The van der Waals surface area contributed by atoms with Crippen LogP contribution in [0.2, 0.25) is 0 Å². The molecular formula is C14H19N3O4. The van der Waals surface area contributed by atoms with Crippen molar-refractivity contribution < 1.29 is 14.7 Å². The minimum absolute atomic E-state index is 0.0293. The molecule has 21 heavy (non-hydrogen) atoms. The van der Waals surface area contributed by atoms with Crippen LogP contribution in [0.1, 0.15) is 36.7 Å². The van der Waals surface area contributed by atoms with Crippen molar-refractivity contribution in [2.24, 2.45) is 11.8 Å². The van der Waals surface area contributed by atoms with Crippen LogP contribution in [0.4, 0.5) is 0 Å². The maximum Gasteiger partial charge on any atom is 0.303 e. The van der Waals surface area contributed by atoms with Gasteiger partial charge in [-0.15, -0.1) is 0 Å². The first-order valence-corrected chi connectivity index (χ1v) is 7.03. The Balaban J connectivity index is 2.03. The number of amides is 1. The van der Waals surface area contributed by atoms with Gasteiger partial charge < -0.3 is 15.0 Å². The van der Waals surface area contributed by atoms with Crippen LogP contribution in [0.3, 0.4) is 0 Å². The molecule has 2 N–H and O–H groups in total. The van der Waals surface area contributed by atoms with E-state index in [2.05, 4.69) is 9.97 Å². The minimum atomic E-state index is -0.812. The monoisotopic (exact) mass is 293 g/mol. The number of nitrogens with one attached hydrogen (secondary N) is 1. The van der Waals surface area contributed by atoms with E-state index in [0.717, 1.165) is 19.0 Å². The van der Waals surface area contributed by atoms with E-state index in [4.69, 9.17) is 5.11 Å². The van der Waals surface area contributed by atoms with Crippen molar-refractivity contribution in [2.75, 3.05) is 13.1 Å². The maximum atomic E-state index is 12.3. The number of carbonyl (C=O) groups is 2. The fraction of sp³-hybridized carbons (Fsp3) is 0.571. The first-order valence-electron chi connectivity index (χ1n) is 7.03. The van der Waals surface area contributed by atoms with E-state index < -0.39 is 5.97 Å². The van der Waals surface area contributed by atoms with Crippen LogP contribution in [0.25, 0.3) is 0 Å². The SMILES string of the molecule is CC(CC(=O)O)C1CCCN(C(=O)c2c[nH]c(=O)cn2)C1. The van der Waals surface area contributed by atoms with Gasteiger partial charge in [0.2, 0.25) is 0 Å². The van der Waals surface area contributed by atoms with Gasteiger partial charge in [-0.05, 0) is 24.7 Å². The summed E-state index contributed by atoms with van der Waals surface area (Å²) in [5.41, 5.74) is -0.140. The number of H-pyrrole nitrogens is 1. The molecule has 0 bridgehead atoms. The van der Waals surface area contributed by atoms with Crippen LogP contribution in [-0.2, 0) is 4.79 Å². The molecule has 1 aromatic rings. The third-order valence-electron chi connectivity index (χ3n) is 3.94. The second kappa shape index (κ2) is 6.51. The van der Waals surface area contributed by atoms with E-state index in [0.29, 0.717) is 13.1 Å². The van der Waals surface area contributed by atoms with Crippen molar-refractivity contribution in [2.45, 2.75) is 26.2 Å². The zero-order valence-electron chi connectivity index (χ0n) is 11.9. The molecule has 7 nitrogen and oxygen atoms in total. The summed E-state index contributed by atoms with van der Waals surface area (Å²) in [4.78, 5) is 42.1. The average molecular weight is 293 g/mol. The first kappa shape index (κ1) is 15.2. The molecule has 7 heteroatoms. The Kier molecular flexibility index (Phi) is 4.72. The summed E-state index contributed by atoms with van der Waals surface area (Å²) in [7, 11) is 0. The molecule has 2 rings (SSSR count). The summed E-state index contributed by atoms with van der Waals surface area (Å²) in [6.07, 6.45) is 4.29. The Morgan fingerprint density at radius 3 is 2.95 bits per heavy atom. The number of piperidine rings is 1. The molecule has 1 aliphatic heterocycles. The van der Waals surface area contributed by atoms with E-state index in [1.165, 1.54) is 6.20 Å². The summed E-state index contributed by atoms with van der Waals surface area (Å²) < 4.78 is 0. The van der Waals surface area contributed by atoms with Crippen LogP contribution < -0.4 is 5.56 Å². The van der Waals surface area contributed by atoms with E-state index in [-0.39, 0.29) is 35.4 Å². The summed E-state index contributed by atoms with van der Waals surface area (Å²) in [6, 6.07) is 0. The third-order valence-corrected chi connectivity index (χ3v) is 3.94. The minimum Gasteiger partial charge on any atom is -0.481 e. The highest BCUT2D eigenvalue weighted by molar-refractivity contribution is 5.92. The number of aliphatic carboxylic acids is 1. The zero-order valence-corrected chi connectivity index (χ0v) is 11.9. The van der Waals surface area contributed by atoms with Gasteiger partial charge >= 0.3 is 5.97 Å². The first-order chi connectivity index (χ1) is 9.97. The summed E-state index contributed by atoms with van der Waals surface area (Å²) in [5.74, 6) is -0.824. The molecule has 0 aromatic carbocycles. The number of carboxylic acids is 1. The number of carbonyl (C=O) groups excluding carboxylic acids is 1. The zero-order chi connectivity index (χ0) is 15.4. The van der Waals surface area contributed by atoms with Gasteiger partial charge in [0.05, 0.1) is 6.20 Å². The molecule has 1 amide bonds. The molecule has 2 heterocycles. The lowest BCUT2D eigenvalue weighted by molar-refractivity contribution is -0.138. The Morgan fingerprint density at radius 2 is 2.33 bits per heavy atom. The number of hydrogen-bond acceptors (Lipinski definition) is 4. The number of aromatic nitrogens is 2. The molecule has 0 saturated carbocycles. The molecule has 1 fully saturated rings. The van der Waals surface area contributed by atoms with E-state index in [9.17, 15) is 14.4 Å². The maximum absolute atomic E-state index is 12.3. The largest absolute Gasteiger partial charge is 0.481 e. The highest BCUT2D eigenvalue weighted by Gasteiger charge is 2.29. The van der Waals surface area contributed by atoms with Gasteiger partial charge in [0.25, 0.3) is 11.5 Å². The van der Waals surface area contributed by atoms with Crippen molar-refractivity contribution in [3.63, 3.8) is 0 Å². The molecule has 1 aromatic heterocycles. The van der Waals surface area contributed by atoms with Crippen LogP contribution in [0, 0.1) is 11.8 Å². The average Bonchev–Trinajstić information content (AvgIpc) is 2.47. The van der Waals surface area contributed by atoms with Crippen LogP contribution in [-0.4, -0.2) is 44.9 Å². The smallest absolute Gasteiger partial charge is 0.303 e. The number of aromatic amines is 1.